The normalized spacial score (nSPS) is 12.7. The third-order valence-electron chi connectivity index (χ3n) is 1.20. The van der Waals surface area contributed by atoms with E-state index in [-0.39, 0.29) is 5.78 Å². The molecular weight excluding hydrogens is 120 g/mol. The summed E-state index contributed by atoms with van der Waals surface area (Å²) in [6.45, 7) is 3.05. The molecule has 9 heavy (non-hydrogen) atoms. The van der Waals surface area contributed by atoms with Crippen LogP contribution in [0, 0.1) is 5.92 Å². The largest absolute Gasteiger partial charge is 0.481 e. The van der Waals surface area contributed by atoms with Gasteiger partial charge in [0.2, 0.25) is 0 Å². The number of rotatable bonds is 3. The van der Waals surface area contributed by atoms with Gasteiger partial charge in [0.15, 0.2) is 0 Å². The Labute approximate surface area is 53.7 Å². The maximum absolute atomic E-state index is 10.6. The van der Waals surface area contributed by atoms with Crippen molar-refractivity contribution < 1.29 is 14.7 Å². The Morgan fingerprint density at radius 3 is 2.11 bits per heavy atom. The highest BCUT2D eigenvalue weighted by Crippen LogP contribution is 1.98. The molecule has 0 aliphatic heterocycles. The highest BCUT2D eigenvalue weighted by atomic mass is 16.4. The summed E-state index contributed by atoms with van der Waals surface area (Å²) in [4.78, 5) is 20.7. The minimum atomic E-state index is -1.04. The van der Waals surface area contributed by atoms with Gasteiger partial charge in [-0.1, -0.05) is 6.92 Å². The van der Waals surface area contributed by atoms with Crippen molar-refractivity contribution in [3.05, 3.63) is 0 Å². The lowest BCUT2D eigenvalue weighted by Crippen LogP contribution is -2.19. The Bertz CT molecular complexity index is 128. The summed E-state index contributed by atoms with van der Waals surface area (Å²) in [6, 6.07) is 0. The molecule has 0 aliphatic rings. The molecule has 0 saturated carbocycles. The van der Waals surface area contributed by atoms with Crippen molar-refractivity contribution in [3.63, 3.8) is 0 Å². The molecule has 0 aromatic heterocycles. The van der Waals surface area contributed by atoms with Crippen LogP contribution in [0.2, 0.25) is 0 Å². The van der Waals surface area contributed by atoms with Gasteiger partial charge < -0.3 is 5.11 Å². The van der Waals surface area contributed by atoms with E-state index >= 15 is 0 Å². The van der Waals surface area contributed by atoms with E-state index in [0.29, 0.717) is 6.42 Å². The number of carboxylic acids is 1. The standard InChI is InChI=1S/C6H10O3/c1-3-5(7)4(2)6(8)9/h4H,3H2,1-2H3,(H,8,9). The van der Waals surface area contributed by atoms with Crippen LogP contribution in [-0.2, 0) is 9.59 Å². The van der Waals surface area contributed by atoms with E-state index in [1.54, 1.807) is 6.92 Å². The average molecular weight is 130 g/mol. The second-order valence-corrected chi connectivity index (χ2v) is 1.88. The summed E-state index contributed by atoms with van der Waals surface area (Å²) in [5.74, 6) is -2.10. The van der Waals surface area contributed by atoms with Crippen LogP contribution in [0.4, 0.5) is 0 Å². The first-order valence-corrected chi connectivity index (χ1v) is 2.85. The molecule has 0 aliphatic carbocycles. The summed E-state index contributed by atoms with van der Waals surface area (Å²) in [5.41, 5.74) is 0. The number of carboxylic acid groups (broad SMARTS) is 1. The van der Waals surface area contributed by atoms with Gasteiger partial charge in [0.05, 0.1) is 0 Å². The van der Waals surface area contributed by atoms with Crippen molar-refractivity contribution in [2.45, 2.75) is 20.3 Å². The first-order chi connectivity index (χ1) is 4.09. The van der Waals surface area contributed by atoms with Gasteiger partial charge in [0.1, 0.15) is 11.7 Å². The topological polar surface area (TPSA) is 54.4 Å². The predicted molar refractivity (Wildman–Crippen MR) is 32.1 cm³/mol. The quantitative estimate of drug-likeness (QED) is 0.572. The fourth-order valence-electron chi connectivity index (χ4n) is 0.444. The van der Waals surface area contributed by atoms with E-state index < -0.39 is 11.9 Å². The Morgan fingerprint density at radius 2 is 2.00 bits per heavy atom. The Balaban J connectivity index is 3.88. The minimum absolute atomic E-state index is 0.220. The molecule has 52 valence electrons. The van der Waals surface area contributed by atoms with Crippen molar-refractivity contribution in [1.29, 1.82) is 0 Å². The summed E-state index contributed by atoms with van der Waals surface area (Å²) < 4.78 is 0. The van der Waals surface area contributed by atoms with Crippen LogP contribution in [0.25, 0.3) is 0 Å². The number of aliphatic carboxylic acids is 1. The van der Waals surface area contributed by atoms with Crippen molar-refractivity contribution in [2.75, 3.05) is 0 Å². The van der Waals surface area contributed by atoms with Crippen LogP contribution in [0.5, 0.6) is 0 Å². The van der Waals surface area contributed by atoms with Gasteiger partial charge in [-0.25, -0.2) is 0 Å². The summed E-state index contributed by atoms with van der Waals surface area (Å²) in [5, 5.41) is 8.26. The van der Waals surface area contributed by atoms with Gasteiger partial charge in [-0.15, -0.1) is 0 Å². The number of carbonyl (C=O) groups is 2. The molecule has 0 spiro atoms. The van der Waals surface area contributed by atoms with E-state index in [1.165, 1.54) is 6.92 Å². The van der Waals surface area contributed by atoms with Crippen molar-refractivity contribution in [2.24, 2.45) is 5.92 Å². The maximum Gasteiger partial charge on any atom is 0.313 e. The van der Waals surface area contributed by atoms with E-state index in [0.717, 1.165) is 0 Å². The van der Waals surface area contributed by atoms with E-state index in [2.05, 4.69) is 0 Å². The van der Waals surface area contributed by atoms with Crippen LogP contribution >= 0.6 is 0 Å². The molecule has 0 bridgehead atoms. The van der Waals surface area contributed by atoms with Crippen LogP contribution in [0.1, 0.15) is 20.3 Å². The second-order valence-electron chi connectivity index (χ2n) is 1.88. The Kier molecular flexibility index (Phi) is 2.91. The lowest BCUT2D eigenvalue weighted by molar-refractivity contribution is -0.145. The molecule has 0 rings (SSSR count). The van der Waals surface area contributed by atoms with Gasteiger partial charge in [-0.3, -0.25) is 9.59 Å². The molecule has 0 heterocycles. The molecule has 0 fully saturated rings. The molecule has 0 saturated heterocycles. The fourth-order valence-corrected chi connectivity index (χ4v) is 0.444. The van der Waals surface area contributed by atoms with Crippen molar-refractivity contribution >= 4 is 11.8 Å². The smallest absolute Gasteiger partial charge is 0.313 e. The monoisotopic (exact) mass is 130 g/mol. The van der Waals surface area contributed by atoms with Crippen LogP contribution in [-0.4, -0.2) is 16.9 Å². The highest BCUT2D eigenvalue weighted by Gasteiger charge is 2.17. The number of hydrogen-bond acceptors (Lipinski definition) is 2. The number of hydrogen-bond donors (Lipinski definition) is 1. The minimum Gasteiger partial charge on any atom is -0.481 e. The van der Waals surface area contributed by atoms with Gasteiger partial charge in [0, 0.05) is 6.42 Å². The van der Waals surface area contributed by atoms with Crippen molar-refractivity contribution in [3.8, 4) is 0 Å². The zero-order valence-electron chi connectivity index (χ0n) is 5.55. The van der Waals surface area contributed by atoms with E-state index in [4.69, 9.17) is 5.11 Å². The van der Waals surface area contributed by atoms with Gasteiger partial charge >= 0.3 is 5.97 Å². The zero-order chi connectivity index (χ0) is 7.44. The molecule has 1 N–H and O–H groups in total. The lowest BCUT2D eigenvalue weighted by Gasteiger charge is -1.99. The summed E-state index contributed by atoms with van der Waals surface area (Å²) in [6.07, 6.45) is 0.299. The first kappa shape index (κ1) is 8.14. The van der Waals surface area contributed by atoms with Gasteiger partial charge in [0.25, 0.3) is 0 Å². The van der Waals surface area contributed by atoms with Crippen LogP contribution in [0.15, 0.2) is 0 Å². The SMILES string of the molecule is CCC(=O)C(C)C(=O)O. The predicted octanol–water partition coefficient (Wildman–Crippen LogP) is 0.686. The van der Waals surface area contributed by atoms with Crippen molar-refractivity contribution in [1.82, 2.24) is 0 Å². The molecule has 1 atom stereocenters. The first-order valence-electron chi connectivity index (χ1n) is 2.85. The second kappa shape index (κ2) is 3.22. The molecule has 3 heteroatoms. The third kappa shape index (κ3) is 2.26. The Hall–Kier alpha value is -0.860. The molecule has 0 aromatic rings. The average Bonchev–Trinajstić information content (AvgIpc) is 1.84. The fraction of sp³-hybridized carbons (Fsp3) is 0.667. The number of Topliss-reactive ketones (excluding diaryl/α,β-unsaturated/α-hetero) is 1. The molecule has 0 amide bonds. The number of ketones is 1. The summed E-state index contributed by atoms with van der Waals surface area (Å²) >= 11 is 0. The van der Waals surface area contributed by atoms with Gasteiger partial charge in [-0.05, 0) is 6.92 Å². The van der Waals surface area contributed by atoms with Crippen LogP contribution < -0.4 is 0 Å². The molecule has 0 radical (unpaired) electrons. The zero-order valence-corrected chi connectivity index (χ0v) is 5.55. The van der Waals surface area contributed by atoms with Crippen LogP contribution in [0.3, 0.4) is 0 Å². The Morgan fingerprint density at radius 1 is 1.56 bits per heavy atom. The molecule has 1 unspecified atom stereocenters. The van der Waals surface area contributed by atoms with Gasteiger partial charge in [-0.2, -0.15) is 0 Å². The molecule has 3 nitrogen and oxygen atoms in total. The molecule has 0 aromatic carbocycles. The lowest BCUT2D eigenvalue weighted by atomic mass is 10.1. The summed E-state index contributed by atoms with van der Waals surface area (Å²) in [7, 11) is 0. The highest BCUT2D eigenvalue weighted by molar-refractivity contribution is 5.97. The molecular formula is C6H10O3. The van der Waals surface area contributed by atoms with E-state index in [9.17, 15) is 9.59 Å². The maximum atomic E-state index is 10.6. The number of carbonyl (C=O) groups excluding carboxylic acids is 1. The van der Waals surface area contributed by atoms with E-state index in [1.807, 2.05) is 0 Å². The third-order valence-corrected chi connectivity index (χ3v) is 1.20.